The van der Waals surface area contributed by atoms with E-state index in [1.54, 1.807) is 13.8 Å². The maximum absolute atomic E-state index is 12.9. The minimum absolute atomic E-state index is 0.0361. The highest BCUT2D eigenvalue weighted by atomic mass is 16.5. The van der Waals surface area contributed by atoms with Crippen molar-refractivity contribution in [2.45, 2.75) is 57.5 Å². The number of carbonyl (C=O) groups excluding carboxylic acids is 2. The molecule has 1 saturated carbocycles. The molecule has 2 aromatic carbocycles. The van der Waals surface area contributed by atoms with Gasteiger partial charge in [0, 0.05) is 12.0 Å². The average molecular weight is 465 g/mol. The average Bonchev–Trinajstić information content (AvgIpc) is 3.14. The van der Waals surface area contributed by atoms with E-state index in [0.717, 1.165) is 35.1 Å². The van der Waals surface area contributed by atoms with Crippen LogP contribution in [-0.2, 0) is 14.3 Å². The fourth-order valence-corrected chi connectivity index (χ4v) is 5.18. The molecule has 7 heteroatoms. The highest BCUT2D eigenvalue weighted by Crippen LogP contribution is 2.44. The number of nitrogens with one attached hydrogen (secondary N) is 2. The quantitative estimate of drug-likeness (QED) is 0.566. The van der Waals surface area contributed by atoms with Crippen LogP contribution in [0.15, 0.2) is 48.5 Å². The maximum Gasteiger partial charge on any atom is 0.407 e. The van der Waals surface area contributed by atoms with E-state index in [0.29, 0.717) is 12.8 Å². The minimum atomic E-state index is -1.06. The fourth-order valence-electron chi connectivity index (χ4n) is 5.18. The first-order chi connectivity index (χ1) is 16.4. The third kappa shape index (κ3) is 4.93. The van der Waals surface area contributed by atoms with Gasteiger partial charge in [0.1, 0.15) is 12.6 Å². The number of alkyl carbamates (subject to hydrolysis) is 1. The number of aliphatic carboxylic acids is 1. The molecule has 0 aliphatic heterocycles. The number of hydrogen-bond donors (Lipinski definition) is 3. The van der Waals surface area contributed by atoms with E-state index in [1.165, 1.54) is 0 Å². The predicted molar refractivity (Wildman–Crippen MR) is 128 cm³/mol. The van der Waals surface area contributed by atoms with Crippen molar-refractivity contribution < 1.29 is 24.2 Å². The van der Waals surface area contributed by atoms with Gasteiger partial charge >= 0.3 is 12.1 Å². The van der Waals surface area contributed by atoms with Crippen molar-refractivity contribution in [3.63, 3.8) is 0 Å². The zero-order chi connectivity index (χ0) is 24.2. The molecule has 0 saturated heterocycles. The molecule has 0 aromatic heterocycles. The molecule has 2 aromatic rings. The Balaban J connectivity index is 1.39. The number of amides is 2. The lowest BCUT2D eigenvalue weighted by molar-refractivity contribution is -0.144. The van der Waals surface area contributed by atoms with Crippen LogP contribution in [0.1, 0.15) is 56.6 Å². The number of benzene rings is 2. The van der Waals surface area contributed by atoms with Gasteiger partial charge in [-0.05, 0) is 41.0 Å². The van der Waals surface area contributed by atoms with Gasteiger partial charge in [-0.2, -0.15) is 0 Å². The molecule has 4 rings (SSSR count). The van der Waals surface area contributed by atoms with Gasteiger partial charge in [-0.3, -0.25) is 4.79 Å². The van der Waals surface area contributed by atoms with Gasteiger partial charge < -0.3 is 20.5 Å². The Labute approximate surface area is 199 Å². The summed E-state index contributed by atoms with van der Waals surface area (Å²) >= 11 is 0. The summed E-state index contributed by atoms with van der Waals surface area (Å²) in [4.78, 5) is 37.1. The van der Waals surface area contributed by atoms with Gasteiger partial charge in [-0.1, -0.05) is 75.2 Å². The summed E-state index contributed by atoms with van der Waals surface area (Å²) in [5, 5.41) is 15.0. The minimum Gasteiger partial charge on any atom is -0.480 e. The molecule has 7 nitrogen and oxygen atoms in total. The fraction of sp³-hybridized carbons (Fsp3) is 0.444. The van der Waals surface area contributed by atoms with Crippen molar-refractivity contribution in [2.24, 2.45) is 11.8 Å². The molecule has 34 heavy (non-hydrogen) atoms. The van der Waals surface area contributed by atoms with E-state index in [1.807, 2.05) is 24.3 Å². The lowest BCUT2D eigenvalue weighted by Gasteiger charge is -2.32. The molecule has 0 radical (unpaired) electrons. The lowest BCUT2D eigenvalue weighted by Crippen LogP contribution is -2.53. The van der Waals surface area contributed by atoms with Crippen molar-refractivity contribution in [2.75, 3.05) is 6.61 Å². The number of carboxylic acid groups (broad SMARTS) is 1. The molecule has 3 unspecified atom stereocenters. The summed E-state index contributed by atoms with van der Waals surface area (Å²) in [6.45, 7) is 3.72. The highest BCUT2D eigenvalue weighted by Gasteiger charge is 2.35. The third-order valence-corrected chi connectivity index (χ3v) is 6.98. The van der Waals surface area contributed by atoms with Crippen LogP contribution < -0.4 is 10.6 Å². The third-order valence-electron chi connectivity index (χ3n) is 6.98. The Morgan fingerprint density at radius 3 is 2.15 bits per heavy atom. The molecule has 180 valence electrons. The normalized spacial score (nSPS) is 20.2. The monoisotopic (exact) mass is 464 g/mol. The van der Waals surface area contributed by atoms with Gasteiger partial charge in [0.05, 0.1) is 5.92 Å². The number of ether oxygens (including phenoxy) is 1. The summed E-state index contributed by atoms with van der Waals surface area (Å²) in [6, 6.07) is 15.0. The van der Waals surface area contributed by atoms with Gasteiger partial charge in [-0.15, -0.1) is 0 Å². The number of carboxylic acids is 1. The number of hydrogen-bond acceptors (Lipinski definition) is 4. The van der Waals surface area contributed by atoms with Crippen molar-refractivity contribution in [1.29, 1.82) is 0 Å². The Morgan fingerprint density at radius 2 is 1.56 bits per heavy atom. The van der Waals surface area contributed by atoms with Gasteiger partial charge in [-0.25, -0.2) is 9.59 Å². The van der Waals surface area contributed by atoms with Crippen LogP contribution in [0.4, 0.5) is 4.79 Å². The second-order valence-corrected chi connectivity index (χ2v) is 9.54. The largest absolute Gasteiger partial charge is 0.480 e. The van der Waals surface area contributed by atoms with Crippen LogP contribution in [0.2, 0.25) is 0 Å². The van der Waals surface area contributed by atoms with Gasteiger partial charge in [0.2, 0.25) is 5.91 Å². The molecular weight excluding hydrogens is 432 g/mol. The first-order valence-electron chi connectivity index (χ1n) is 12.0. The second-order valence-electron chi connectivity index (χ2n) is 9.54. The van der Waals surface area contributed by atoms with Crippen molar-refractivity contribution in [1.82, 2.24) is 10.6 Å². The predicted octanol–water partition coefficient (Wildman–Crippen LogP) is 4.31. The molecule has 3 atom stereocenters. The molecule has 1 fully saturated rings. The van der Waals surface area contributed by atoms with Crippen LogP contribution in [0.5, 0.6) is 0 Å². The summed E-state index contributed by atoms with van der Waals surface area (Å²) in [7, 11) is 0. The topological polar surface area (TPSA) is 105 Å². The lowest BCUT2D eigenvalue weighted by atomic mass is 9.83. The Bertz CT molecular complexity index is 1020. The zero-order valence-corrected chi connectivity index (χ0v) is 19.6. The number of carbonyl (C=O) groups is 3. The van der Waals surface area contributed by atoms with E-state index in [9.17, 15) is 19.5 Å². The van der Waals surface area contributed by atoms with E-state index in [2.05, 4.69) is 34.9 Å². The second kappa shape index (κ2) is 10.3. The molecular formula is C27H32N2O5. The summed E-state index contributed by atoms with van der Waals surface area (Å²) in [5.41, 5.74) is 4.60. The van der Waals surface area contributed by atoms with Crippen LogP contribution in [-0.4, -0.2) is 41.8 Å². The molecule has 2 amide bonds. The summed E-state index contributed by atoms with van der Waals surface area (Å²) in [5.74, 6) is -2.13. The SMILES string of the molecule is CC(C)C(NC(=O)C1CCCCC1NC(=O)OCC1c2ccccc2-c2ccccc21)C(=O)O. The molecule has 2 aliphatic carbocycles. The molecule has 0 spiro atoms. The summed E-state index contributed by atoms with van der Waals surface area (Å²) in [6.07, 6.45) is 2.46. The Kier molecular flexibility index (Phi) is 7.20. The highest BCUT2D eigenvalue weighted by molar-refractivity contribution is 5.86. The van der Waals surface area contributed by atoms with Crippen LogP contribution in [0.25, 0.3) is 11.1 Å². The van der Waals surface area contributed by atoms with E-state index in [-0.39, 0.29) is 30.4 Å². The van der Waals surface area contributed by atoms with Crippen LogP contribution >= 0.6 is 0 Å². The van der Waals surface area contributed by atoms with E-state index in [4.69, 9.17) is 4.74 Å². The first kappa shape index (κ1) is 23.8. The number of rotatable bonds is 7. The van der Waals surface area contributed by atoms with Crippen molar-refractivity contribution >= 4 is 18.0 Å². The van der Waals surface area contributed by atoms with Gasteiger partial charge in [0.15, 0.2) is 0 Å². The van der Waals surface area contributed by atoms with E-state index < -0.39 is 24.0 Å². The maximum atomic E-state index is 12.9. The Hall–Kier alpha value is -3.35. The van der Waals surface area contributed by atoms with Crippen LogP contribution in [0.3, 0.4) is 0 Å². The van der Waals surface area contributed by atoms with Crippen LogP contribution in [0, 0.1) is 11.8 Å². The van der Waals surface area contributed by atoms with Crippen molar-refractivity contribution in [3.05, 3.63) is 59.7 Å². The summed E-state index contributed by atoms with van der Waals surface area (Å²) < 4.78 is 5.65. The smallest absolute Gasteiger partial charge is 0.407 e. The van der Waals surface area contributed by atoms with E-state index >= 15 is 0 Å². The van der Waals surface area contributed by atoms with Crippen molar-refractivity contribution in [3.8, 4) is 11.1 Å². The molecule has 2 aliphatic rings. The zero-order valence-electron chi connectivity index (χ0n) is 19.6. The number of fused-ring (bicyclic) bond motifs is 3. The standard InChI is InChI=1S/C27H32N2O5/c1-16(2)24(26(31)32)29-25(30)21-13-7-8-14-23(21)28-27(33)34-15-22-19-11-5-3-9-17(19)18-10-4-6-12-20(18)22/h3-6,9-12,16,21-24H,7-8,13-15H2,1-2H3,(H,28,33)(H,29,30)(H,31,32). The molecule has 0 heterocycles. The first-order valence-corrected chi connectivity index (χ1v) is 12.0. The molecule has 0 bridgehead atoms. The molecule has 3 N–H and O–H groups in total. The van der Waals surface area contributed by atoms with Gasteiger partial charge in [0.25, 0.3) is 0 Å². The Morgan fingerprint density at radius 1 is 0.971 bits per heavy atom.